The van der Waals surface area contributed by atoms with Gasteiger partial charge in [0.05, 0.1) is 19.3 Å². The summed E-state index contributed by atoms with van der Waals surface area (Å²) in [7, 11) is 1.79. The highest BCUT2D eigenvalue weighted by atomic mass is 127. The van der Waals surface area contributed by atoms with Gasteiger partial charge in [-0.2, -0.15) is 0 Å². The first kappa shape index (κ1) is 26.6. The summed E-state index contributed by atoms with van der Waals surface area (Å²) in [6, 6.07) is 12.5. The number of anilines is 1. The maximum absolute atomic E-state index is 11.7. The van der Waals surface area contributed by atoms with Crippen LogP contribution < -0.4 is 16.0 Å². The van der Waals surface area contributed by atoms with E-state index in [2.05, 4.69) is 43.4 Å². The molecule has 9 heteroatoms. The highest BCUT2D eigenvalue weighted by Gasteiger charge is 2.23. The zero-order valence-electron chi connectivity index (χ0n) is 18.8. The molecule has 2 aromatic rings. The van der Waals surface area contributed by atoms with E-state index >= 15 is 0 Å². The molecular weight excluding hydrogens is 537 g/mol. The molecule has 1 aliphatic rings. The fourth-order valence-electron chi connectivity index (χ4n) is 3.54. The Hall–Kier alpha value is -1.69. The van der Waals surface area contributed by atoms with E-state index in [0.29, 0.717) is 19.0 Å². The van der Waals surface area contributed by atoms with Crippen molar-refractivity contribution >= 4 is 52.9 Å². The van der Waals surface area contributed by atoms with Crippen molar-refractivity contribution in [2.24, 2.45) is 4.99 Å². The molecule has 176 valence electrons. The lowest BCUT2D eigenvalue weighted by Crippen LogP contribution is -2.46. The molecule has 3 N–H and O–H groups in total. The Morgan fingerprint density at radius 3 is 2.56 bits per heavy atom. The van der Waals surface area contributed by atoms with Gasteiger partial charge in [-0.1, -0.05) is 25.1 Å². The van der Waals surface area contributed by atoms with Crippen LogP contribution in [0.1, 0.15) is 36.2 Å². The number of nitrogens with zero attached hydrogens (tertiary/aromatic N) is 2. The predicted molar refractivity (Wildman–Crippen MR) is 143 cm³/mol. The second-order valence-electron chi connectivity index (χ2n) is 7.48. The third-order valence-corrected chi connectivity index (χ3v) is 6.19. The summed E-state index contributed by atoms with van der Waals surface area (Å²) in [6.07, 6.45) is 1.39. The van der Waals surface area contributed by atoms with Crippen molar-refractivity contribution in [2.75, 3.05) is 45.2 Å². The normalized spacial score (nSPS) is 15.5. The Labute approximate surface area is 212 Å². The number of benzene rings is 1. The molecule has 3 rings (SSSR count). The molecule has 1 aliphatic heterocycles. The Morgan fingerprint density at radius 2 is 1.94 bits per heavy atom. The number of guanidine groups is 1. The first-order valence-electron chi connectivity index (χ1n) is 10.9. The van der Waals surface area contributed by atoms with Crippen LogP contribution >= 0.6 is 35.3 Å². The molecule has 1 unspecified atom stereocenters. The Morgan fingerprint density at radius 1 is 1.19 bits per heavy atom. The molecule has 32 heavy (non-hydrogen) atoms. The minimum absolute atomic E-state index is 0. The number of ether oxygens (including phenoxy) is 1. The standard InChI is InChI=1S/C23H33N5O2S.HI/c1-3-5-22(29)27-19-9-7-18(8-10-19)16-25-23(24-2)26-17-20(21-6-4-15-31-21)28-11-13-30-14-12-28;/h4,6-10,15,20H,3,5,11-14,16-17H2,1-2H3,(H,27,29)(H2,24,25,26);1H. The van der Waals surface area contributed by atoms with Crippen molar-refractivity contribution < 1.29 is 9.53 Å². The fourth-order valence-corrected chi connectivity index (χ4v) is 4.40. The van der Waals surface area contributed by atoms with E-state index < -0.39 is 0 Å². The minimum Gasteiger partial charge on any atom is -0.379 e. The zero-order valence-corrected chi connectivity index (χ0v) is 21.9. The van der Waals surface area contributed by atoms with E-state index in [1.165, 1.54) is 4.88 Å². The van der Waals surface area contributed by atoms with Gasteiger partial charge in [-0.15, -0.1) is 35.3 Å². The fraction of sp³-hybridized carbons (Fsp3) is 0.478. The largest absolute Gasteiger partial charge is 0.379 e. The smallest absolute Gasteiger partial charge is 0.224 e. The molecule has 0 saturated carbocycles. The van der Waals surface area contributed by atoms with Crippen molar-refractivity contribution in [1.29, 1.82) is 0 Å². The van der Waals surface area contributed by atoms with Gasteiger partial charge in [0, 0.05) is 50.2 Å². The van der Waals surface area contributed by atoms with Crippen LogP contribution in [0.25, 0.3) is 0 Å². The number of carbonyl (C=O) groups is 1. The number of carbonyl (C=O) groups excluding carboxylic acids is 1. The maximum atomic E-state index is 11.7. The van der Waals surface area contributed by atoms with Crippen molar-refractivity contribution in [1.82, 2.24) is 15.5 Å². The Bertz CT molecular complexity index is 823. The molecule has 0 spiro atoms. The van der Waals surface area contributed by atoms with Gasteiger partial charge < -0.3 is 20.7 Å². The molecule has 2 heterocycles. The molecule has 1 atom stereocenters. The lowest BCUT2D eigenvalue weighted by atomic mass is 10.2. The molecule has 1 saturated heterocycles. The van der Waals surface area contributed by atoms with Crippen LogP contribution in [-0.4, -0.2) is 56.7 Å². The molecule has 1 fully saturated rings. The second-order valence-corrected chi connectivity index (χ2v) is 8.46. The van der Waals surface area contributed by atoms with Gasteiger partial charge in [-0.05, 0) is 35.6 Å². The third kappa shape index (κ3) is 8.34. The second kappa shape index (κ2) is 14.5. The minimum atomic E-state index is 0. The maximum Gasteiger partial charge on any atom is 0.224 e. The molecule has 0 radical (unpaired) electrons. The van der Waals surface area contributed by atoms with Crippen LogP contribution in [0.3, 0.4) is 0 Å². The monoisotopic (exact) mass is 571 g/mol. The quantitative estimate of drug-likeness (QED) is 0.242. The van der Waals surface area contributed by atoms with Crippen LogP contribution in [0.15, 0.2) is 46.8 Å². The summed E-state index contributed by atoms with van der Waals surface area (Å²) in [6.45, 7) is 6.88. The average Bonchev–Trinajstić information content (AvgIpc) is 3.32. The number of morpholine rings is 1. The van der Waals surface area contributed by atoms with Crippen LogP contribution in [0.5, 0.6) is 0 Å². The van der Waals surface area contributed by atoms with Gasteiger partial charge in [-0.3, -0.25) is 14.7 Å². The van der Waals surface area contributed by atoms with E-state index in [9.17, 15) is 4.79 Å². The summed E-state index contributed by atoms with van der Waals surface area (Å²) in [4.78, 5) is 19.9. The molecule has 0 aliphatic carbocycles. The number of halogens is 1. The van der Waals surface area contributed by atoms with E-state index in [0.717, 1.165) is 56.5 Å². The van der Waals surface area contributed by atoms with E-state index in [4.69, 9.17) is 4.74 Å². The summed E-state index contributed by atoms with van der Waals surface area (Å²) in [5, 5.41) is 11.9. The Balaban J connectivity index is 0.00000363. The number of hydrogen-bond donors (Lipinski definition) is 3. The highest BCUT2D eigenvalue weighted by molar-refractivity contribution is 14.0. The number of nitrogens with one attached hydrogen (secondary N) is 3. The van der Waals surface area contributed by atoms with E-state index in [1.54, 1.807) is 18.4 Å². The van der Waals surface area contributed by atoms with Crippen LogP contribution in [0.2, 0.25) is 0 Å². The van der Waals surface area contributed by atoms with Gasteiger partial charge in [0.1, 0.15) is 0 Å². The van der Waals surface area contributed by atoms with Gasteiger partial charge in [0.2, 0.25) is 5.91 Å². The summed E-state index contributed by atoms with van der Waals surface area (Å²) in [5.74, 6) is 0.827. The van der Waals surface area contributed by atoms with Crippen LogP contribution in [-0.2, 0) is 16.1 Å². The van der Waals surface area contributed by atoms with Crippen LogP contribution in [0, 0.1) is 0 Å². The molecule has 7 nitrogen and oxygen atoms in total. The predicted octanol–water partition coefficient (Wildman–Crippen LogP) is 3.84. The van der Waals surface area contributed by atoms with Gasteiger partial charge >= 0.3 is 0 Å². The number of amides is 1. The van der Waals surface area contributed by atoms with E-state index in [-0.39, 0.29) is 29.9 Å². The number of aliphatic imine (C=N–C) groups is 1. The highest BCUT2D eigenvalue weighted by Crippen LogP contribution is 2.25. The SMILES string of the molecule is CCCC(=O)Nc1ccc(CNC(=NC)NCC(c2cccs2)N2CCOCC2)cc1.I. The topological polar surface area (TPSA) is 78.0 Å². The van der Waals surface area contributed by atoms with Crippen LogP contribution in [0.4, 0.5) is 5.69 Å². The van der Waals surface area contributed by atoms with Gasteiger partial charge in [0.15, 0.2) is 5.96 Å². The third-order valence-electron chi connectivity index (χ3n) is 5.22. The van der Waals surface area contributed by atoms with Crippen molar-refractivity contribution in [3.63, 3.8) is 0 Å². The molecule has 1 amide bonds. The summed E-state index contributed by atoms with van der Waals surface area (Å²) >= 11 is 1.79. The molecule has 0 bridgehead atoms. The summed E-state index contributed by atoms with van der Waals surface area (Å²) < 4.78 is 5.53. The van der Waals surface area contributed by atoms with Crippen molar-refractivity contribution in [3.8, 4) is 0 Å². The first-order valence-corrected chi connectivity index (χ1v) is 11.8. The number of hydrogen-bond acceptors (Lipinski definition) is 5. The zero-order chi connectivity index (χ0) is 21.9. The first-order chi connectivity index (χ1) is 15.2. The molecular formula is C23H34IN5O2S. The summed E-state index contributed by atoms with van der Waals surface area (Å²) in [5.41, 5.74) is 1.95. The molecule has 1 aromatic carbocycles. The molecule has 1 aromatic heterocycles. The van der Waals surface area contributed by atoms with Crippen molar-refractivity contribution in [2.45, 2.75) is 32.4 Å². The number of rotatable bonds is 9. The lowest BCUT2D eigenvalue weighted by Gasteiger charge is -2.34. The van der Waals surface area contributed by atoms with Gasteiger partial charge in [-0.25, -0.2) is 0 Å². The lowest BCUT2D eigenvalue weighted by molar-refractivity contribution is -0.116. The number of thiophene rings is 1. The van der Waals surface area contributed by atoms with E-state index in [1.807, 2.05) is 31.2 Å². The van der Waals surface area contributed by atoms with Crippen molar-refractivity contribution in [3.05, 3.63) is 52.2 Å². The van der Waals surface area contributed by atoms with Gasteiger partial charge in [0.25, 0.3) is 0 Å². The Kier molecular flexibility index (Phi) is 12.0. The average molecular weight is 572 g/mol.